The number of halogens is 1. The van der Waals surface area contributed by atoms with Crippen LogP contribution < -0.4 is 10.2 Å². The third-order valence-corrected chi connectivity index (χ3v) is 5.24. The molecule has 0 aliphatic carbocycles. The Labute approximate surface area is 162 Å². The molecule has 0 radical (unpaired) electrons. The number of para-hydroxylation sites is 2. The maximum absolute atomic E-state index is 12.6. The van der Waals surface area contributed by atoms with E-state index in [0.29, 0.717) is 25.1 Å². The van der Waals surface area contributed by atoms with E-state index in [4.69, 9.17) is 0 Å². The minimum Gasteiger partial charge on any atom is -0.366 e. The first-order chi connectivity index (χ1) is 12.6. The highest BCUT2D eigenvalue weighted by molar-refractivity contribution is 9.10. The van der Waals surface area contributed by atoms with Crippen molar-refractivity contribution < 1.29 is 9.59 Å². The lowest BCUT2D eigenvalue weighted by molar-refractivity contribution is -0.131. The lowest BCUT2D eigenvalue weighted by Gasteiger charge is -2.36. The molecule has 0 atom stereocenters. The Morgan fingerprint density at radius 2 is 1.65 bits per heavy atom. The van der Waals surface area contributed by atoms with Crippen molar-refractivity contribution in [1.29, 1.82) is 0 Å². The van der Waals surface area contributed by atoms with Crippen LogP contribution in [0.4, 0.5) is 11.4 Å². The van der Waals surface area contributed by atoms with E-state index < -0.39 is 0 Å². The molecule has 2 aromatic carbocycles. The van der Waals surface area contributed by atoms with Crippen molar-refractivity contribution in [1.82, 2.24) is 4.90 Å². The molecule has 26 heavy (non-hydrogen) atoms. The van der Waals surface area contributed by atoms with E-state index in [-0.39, 0.29) is 11.8 Å². The zero-order valence-corrected chi connectivity index (χ0v) is 16.3. The van der Waals surface area contributed by atoms with E-state index in [1.807, 2.05) is 54.3 Å². The van der Waals surface area contributed by atoms with E-state index in [9.17, 15) is 9.59 Å². The van der Waals surface area contributed by atoms with Gasteiger partial charge in [-0.15, -0.1) is 0 Å². The lowest BCUT2D eigenvalue weighted by Crippen LogP contribution is -2.48. The zero-order chi connectivity index (χ0) is 18.5. The van der Waals surface area contributed by atoms with Gasteiger partial charge in [-0.25, -0.2) is 0 Å². The summed E-state index contributed by atoms with van der Waals surface area (Å²) >= 11 is 3.42. The maximum Gasteiger partial charge on any atom is 0.256 e. The Balaban J connectivity index is 1.74. The third kappa shape index (κ3) is 4.07. The molecule has 1 saturated heterocycles. The van der Waals surface area contributed by atoms with Crippen molar-refractivity contribution in [2.75, 3.05) is 36.4 Å². The number of rotatable bonds is 4. The summed E-state index contributed by atoms with van der Waals surface area (Å²) in [5, 5.41) is 3.02. The first-order valence-corrected chi connectivity index (χ1v) is 9.57. The van der Waals surface area contributed by atoms with Crippen molar-refractivity contribution in [2.45, 2.75) is 13.3 Å². The number of hydrogen-bond donors (Lipinski definition) is 1. The van der Waals surface area contributed by atoms with Gasteiger partial charge in [0.05, 0.1) is 16.9 Å². The summed E-state index contributed by atoms with van der Waals surface area (Å²) in [7, 11) is 0. The van der Waals surface area contributed by atoms with Crippen molar-refractivity contribution in [3.05, 3.63) is 58.6 Å². The number of nitrogens with zero attached hydrogens (tertiary/aromatic N) is 2. The number of amides is 2. The highest BCUT2D eigenvalue weighted by Crippen LogP contribution is 2.28. The van der Waals surface area contributed by atoms with Gasteiger partial charge in [0.1, 0.15) is 0 Å². The van der Waals surface area contributed by atoms with E-state index in [1.165, 1.54) is 0 Å². The second kappa shape index (κ2) is 8.36. The molecule has 3 rings (SSSR count). The van der Waals surface area contributed by atoms with E-state index in [2.05, 4.69) is 26.1 Å². The molecule has 0 bridgehead atoms. The molecule has 136 valence electrons. The van der Waals surface area contributed by atoms with Gasteiger partial charge in [0.2, 0.25) is 5.91 Å². The SMILES string of the molecule is CCC(=O)N1CCN(c2ccccc2NC(=O)c2ccccc2Br)CC1. The molecule has 5 nitrogen and oxygen atoms in total. The number of carbonyl (C=O) groups excluding carboxylic acids is 2. The molecule has 2 amide bonds. The van der Waals surface area contributed by atoms with Crippen LogP contribution in [-0.2, 0) is 4.79 Å². The quantitative estimate of drug-likeness (QED) is 0.826. The van der Waals surface area contributed by atoms with Crippen molar-refractivity contribution in [2.24, 2.45) is 0 Å². The van der Waals surface area contributed by atoms with Crippen LogP contribution >= 0.6 is 15.9 Å². The second-order valence-corrected chi connectivity index (χ2v) is 7.03. The fourth-order valence-corrected chi connectivity index (χ4v) is 3.58. The summed E-state index contributed by atoms with van der Waals surface area (Å²) in [4.78, 5) is 28.6. The van der Waals surface area contributed by atoms with Crippen LogP contribution in [0.3, 0.4) is 0 Å². The normalized spacial score (nSPS) is 14.2. The Morgan fingerprint density at radius 3 is 2.35 bits per heavy atom. The summed E-state index contributed by atoms with van der Waals surface area (Å²) < 4.78 is 0.765. The van der Waals surface area contributed by atoms with E-state index in [1.54, 1.807) is 6.07 Å². The van der Waals surface area contributed by atoms with Gasteiger partial charge in [0, 0.05) is 37.1 Å². The van der Waals surface area contributed by atoms with Gasteiger partial charge in [-0.2, -0.15) is 0 Å². The molecule has 0 unspecified atom stereocenters. The summed E-state index contributed by atoms with van der Waals surface area (Å²) in [6.07, 6.45) is 0.540. The van der Waals surface area contributed by atoms with Crippen molar-refractivity contribution >= 4 is 39.1 Å². The molecule has 1 fully saturated rings. The first kappa shape index (κ1) is 18.5. The molecule has 1 aliphatic heterocycles. The van der Waals surface area contributed by atoms with Crippen molar-refractivity contribution in [3.8, 4) is 0 Å². The minimum atomic E-state index is -0.148. The largest absolute Gasteiger partial charge is 0.366 e. The van der Waals surface area contributed by atoms with Crippen molar-refractivity contribution in [3.63, 3.8) is 0 Å². The number of anilines is 2. The van der Waals surface area contributed by atoms with Gasteiger partial charge in [-0.3, -0.25) is 9.59 Å². The molecule has 2 aromatic rings. The van der Waals surface area contributed by atoms with E-state index in [0.717, 1.165) is 28.9 Å². The van der Waals surface area contributed by atoms with Crippen LogP contribution in [0.1, 0.15) is 23.7 Å². The second-order valence-electron chi connectivity index (χ2n) is 6.17. The van der Waals surface area contributed by atoms with Crippen LogP contribution in [0.25, 0.3) is 0 Å². The Bertz CT molecular complexity index is 801. The number of benzene rings is 2. The molecule has 1 aliphatic rings. The number of piperazine rings is 1. The average Bonchev–Trinajstić information content (AvgIpc) is 2.68. The number of hydrogen-bond acceptors (Lipinski definition) is 3. The van der Waals surface area contributed by atoms with Crippen LogP contribution in [0, 0.1) is 0 Å². The van der Waals surface area contributed by atoms with Gasteiger partial charge in [0.15, 0.2) is 0 Å². The Morgan fingerprint density at radius 1 is 1.00 bits per heavy atom. The predicted molar refractivity (Wildman–Crippen MR) is 108 cm³/mol. The highest BCUT2D eigenvalue weighted by atomic mass is 79.9. The summed E-state index contributed by atoms with van der Waals surface area (Å²) in [5.41, 5.74) is 2.36. The summed E-state index contributed by atoms with van der Waals surface area (Å²) in [6, 6.07) is 15.2. The van der Waals surface area contributed by atoms with Gasteiger partial charge in [0.25, 0.3) is 5.91 Å². The minimum absolute atomic E-state index is 0.148. The van der Waals surface area contributed by atoms with Gasteiger partial charge in [-0.05, 0) is 40.2 Å². The van der Waals surface area contributed by atoms with Crippen LogP contribution in [0.2, 0.25) is 0 Å². The van der Waals surface area contributed by atoms with Crippen LogP contribution in [-0.4, -0.2) is 42.9 Å². The lowest BCUT2D eigenvalue weighted by atomic mass is 10.1. The monoisotopic (exact) mass is 415 g/mol. The molecular weight excluding hydrogens is 394 g/mol. The standard InChI is InChI=1S/C20H22BrN3O2/c1-2-19(25)24-13-11-23(12-14-24)18-10-6-5-9-17(18)22-20(26)15-7-3-4-8-16(15)21/h3-10H,2,11-14H2,1H3,(H,22,26). The molecule has 1 N–H and O–H groups in total. The smallest absolute Gasteiger partial charge is 0.256 e. The molecule has 1 heterocycles. The molecule has 0 aromatic heterocycles. The molecule has 6 heteroatoms. The fourth-order valence-electron chi connectivity index (χ4n) is 3.11. The highest BCUT2D eigenvalue weighted by Gasteiger charge is 2.22. The maximum atomic E-state index is 12.6. The molecule has 0 spiro atoms. The predicted octanol–water partition coefficient (Wildman–Crippen LogP) is 3.76. The topological polar surface area (TPSA) is 52.7 Å². The molecule has 0 saturated carbocycles. The van der Waals surface area contributed by atoms with E-state index >= 15 is 0 Å². The Hall–Kier alpha value is -2.34. The number of nitrogens with one attached hydrogen (secondary N) is 1. The Kier molecular flexibility index (Phi) is 5.93. The van der Waals surface area contributed by atoms with Gasteiger partial charge in [-0.1, -0.05) is 31.2 Å². The van der Waals surface area contributed by atoms with Gasteiger partial charge < -0.3 is 15.1 Å². The fraction of sp³-hybridized carbons (Fsp3) is 0.300. The zero-order valence-electron chi connectivity index (χ0n) is 14.7. The third-order valence-electron chi connectivity index (χ3n) is 4.55. The summed E-state index contributed by atoms with van der Waals surface area (Å²) in [6.45, 7) is 4.82. The van der Waals surface area contributed by atoms with Gasteiger partial charge >= 0.3 is 0 Å². The average molecular weight is 416 g/mol. The summed E-state index contributed by atoms with van der Waals surface area (Å²) in [5.74, 6) is 0.0462. The molecular formula is C20H22BrN3O2. The number of carbonyl (C=O) groups is 2. The van der Waals surface area contributed by atoms with Crippen LogP contribution in [0.5, 0.6) is 0 Å². The first-order valence-electron chi connectivity index (χ1n) is 8.77. The van der Waals surface area contributed by atoms with Crippen LogP contribution in [0.15, 0.2) is 53.0 Å².